The van der Waals surface area contributed by atoms with Gasteiger partial charge in [-0.3, -0.25) is 14.8 Å². The molecule has 0 atom stereocenters. The SMILES string of the molecule is CC(C)(C)OC(=O)NC1CCC(n2ncc3c([N+](=O)[O-])cccc32)CC1. The molecule has 1 fully saturated rings. The molecule has 26 heavy (non-hydrogen) atoms. The summed E-state index contributed by atoms with van der Waals surface area (Å²) < 4.78 is 7.18. The fourth-order valence-corrected chi connectivity index (χ4v) is 3.44. The molecule has 1 aromatic heterocycles. The number of amides is 1. The first-order valence-electron chi connectivity index (χ1n) is 8.85. The van der Waals surface area contributed by atoms with E-state index in [0.29, 0.717) is 5.39 Å². The van der Waals surface area contributed by atoms with Crippen LogP contribution in [0.25, 0.3) is 10.9 Å². The van der Waals surface area contributed by atoms with Gasteiger partial charge in [0.25, 0.3) is 5.69 Å². The molecule has 1 aromatic carbocycles. The Morgan fingerprint density at radius 3 is 2.62 bits per heavy atom. The van der Waals surface area contributed by atoms with Crippen LogP contribution < -0.4 is 5.32 Å². The lowest BCUT2D eigenvalue weighted by molar-refractivity contribution is -0.383. The minimum atomic E-state index is -0.510. The number of benzene rings is 1. The Balaban J connectivity index is 1.66. The zero-order valence-corrected chi connectivity index (χ0v) is 15.3. The minimum absolute atomic E-state index is 0.0778. The highest BCUT2D eigenvalue weighted by molar-refractivity contribution is 5.87. The van der Waals surface area contributed by atoms with Crippen molar-refractivity contribution in [1.82, 2.24) is 15.1 Å². The molecule has 1 aliphatic rings. The number of nitro benzene ring substituents is 1. The van der Waals surface area contributed by atoms with E-state index in [1.807, 2.05) is 31.5 Å². The summed E-state index contributed by atoms with van der Waals surface area (Å²) in [5, 5.41) is 19.0. The molecule has 8 heteroatoms. The van der Waals surface area contributed by atoms with Gasteiger partial charge in [0.2, 0.25) is 0 Å². The Morgan fingerprint density at radius 2 is 2.00 bits per heavy atom. The van der Waals surface area contributed by atoms with E-state index in [-0.39, 0.29) is 28.8 Å². The second-order valence-corrected chi connectivity index (χ2v) is 7.71. The van der Waals surface area contributed by atoms with Gasteiger partial charge in [0.05, 0.1) is 28.1 Å². The van der Waals surface area contributed by atoms with E-state index in [2.05, 4.69) is 10.4 Å². The van der Waals surface area contributed by atoms with Crippen LogP contribution in [0.5, 0.6) is 0 Å². The van der Waals surface area contributed by atoms with Gasteiger partial charge in [-0.25, -0.2) is 4.79 Å². The second-order valence-electron chi connectivity index (χ2n) is 7.71. The van der Waals surface area contributed by atoms with Crippen molar-refractivity contribution in [2.75, 3.05) is 0 Å². The molecule has 2 aromatic rings. The molecule has 8 nitrogen and oxygen atoms in total. The molecule has 3 rings (SSSR count). The number of carbonyl (C=O) groups is 1. The standard InChI is InChI=1S/C18H24N4O4/c1-18(2,3)26-17(23)20-12-7-9-13(10-8-12)21-15-5-4-6-16(22(24)25)14(15)11-19-21/h4-6,11-13H,7-10H2,1-3H3,(H,20,23). The molecule has 0 spiro atoms. The Morgan fingerprint density at radius 1 is 1.31 bits per heavy atom. The maximum Gasteiger partial charge on any atom is 0.407 e. The summed E-state index contributed by atoms with van der Waals surface area (Å²) in [4.78, 5) is 22.7. The van der Waals surface area contributed by atoms with E-state index in [9.17, 15) is 14.9 Å². The normalized spacial score (nSPS) is 20.7. The lowest BCUT2D eigenvalue weighted by atomic mass is 9.91. The third kappa shape index (κ3) is 3.95. The highest BCUT2D eigenvalue weighted by Gasteiger charge is 2.27. The summed E-state index contributed by atoms with van der Waals surface area (Å²) in [7, 11) is 0. The average molecular weight is 360 g/mol. The van der Waals surface area contributed by atoms with Crippen molar-refractivity contribution in [3.63, 3.8) is 0 Å². The van der Waals surface area contributed by atoms with Gasteiger partial charge in [-0.1, -0.05) is 6.07 Å². The zero-order valence-electron chi connectivity index (χ0n) is 15.3. The number of nitrogens with zero attached hydrogens (tertiary/aromatic N) is 3. The number of non-ortho nitro benzene ring substituents is 1. The van der Waals surface area contributed by atoms with Crippen molar-refractivity contribution in [2.45, 2.75) is 64.1 Å². The van der Waals surface area contributed by atoms with Crippen molar-refractivity contribution in [3.05, 3.63) is 34.5 Å². The largest absolute Gasteiger partial charge is 0.444 e. The average Bonchev–Trinajstić information content (AvgIpc) is 2.97. The predicted octanol–water partition coefficient (Wildman–Crippen LogP) is 3.95. The molecule has 1 saturated carbocycles. The van der Waals surface area contributed by atoms with Crippen LogP contribution in [0.4, 0.5) is 10.5 Å². The van der Waals surface area contributed by atoms with Crippen molar-refractivity contribution in [1.29, 1.82) is 0 Å². The molecule has 1 amide bonds. The van der Waals surface area contributed by atoms with Crippen LogP contribution in [0.1, 0.15) is 52.5 Å². The molecule has 0 bridgehead atoms. The molecule has 1 aliphatic carbocycles. The zero-order chi connectivity index (χ0) is 18.9. The number of nitrogens with one attached hydrogen (secondary N) is 1. The van der Waals surface area contributed by atoms with E-state index in [0.717, 1.165) is 31.2 Å². The van der Waals surface area contributed by atoms with E-state index in [4.69, 9.17) is 4.74 Å². The van der Waals surface area contributed by atoms with Crippen LogP contribution in [-0.2, 0) is 4.74 Å². The highest BCUT2D eigenvalue weighted by atomic mass is 16.6. The van der Waals surface area contributed by atoms with Crippen LogP contribution in [0.3, 0.4) is 0 Å². The number of hydrogen-bond acceptors (Lipinski definition) is 5. The summed E-state index contributed by atoms with van der Waals surface area (Å²) >= 11 is 0. The second kappa shape index (κ2) is 6.93. The first-order chi connectivity index (χ1) is 12.2. The van der Waals surface area contributed by atoms with Crippen LogP contribution in [0, 0.1) is 10.1 Å². The van der Waals surface area contributed by atoms with Crippen molar-refractivity contribution in [2.24, 2.45) is 0 Å². The molecule has 0 unspecified atom stereocenters. The number of aromatic nitrogens is 2. The molecule has 1 N–H and O–H groups in total. The summed E-state index contributed by atoms with van der Waals surface area (Å²) in [5.74, 6) is 0. The van der Waals surface area contributed by atoms with Crippen molar-refractivity contribution >= 4 is 22.7 Å². The molecular formula is C18H24N4O4. The number of rotatable bonds is 3. The van der Waals surface area contributed by atoms with Crippen LogP contribution in [-0.4, -0.2) is 32.4 Å². The van der Waals surface area contributed by atoms with Gasteiger partial charge in [0.15, 0.2) is 0 Å². The molecule has 1 heterocycles. The Bertz CT molecular complexity index is 816. The summed E-state index contributed by atoms with van der Waals surface area (Å²) in [5.41, 5.74) is 0.348. The lowest BCUT2D eigenvalue weighted by Crippen LogP contribution is -2.41. The number of hydrogen-bond donors (Lipinski definition) is 1. The van der Waals surface area contributed by atoms with E-state index in [1.54, 1.807) is 12.3 Å². The monoisotopic (exact) mass is 360 g/mol. The van der Waals surface area contributed by atoms with Gasteiger partial charge in [-0.15, -0.1) is 0 Å². The number of carbonyl (C=O) groups excluding carboxylic acids is 1. The third-order valence-electron chi connectivity index (χ3n) is 4.58. The lowest BCUT2D eigenvalue weighted by Gasteiger charge is -2.30. The molecule has 140 valence electrons. The smallest absolute Gasteiger partial charge is 0.407 e. The maximum absolute atomic E-state index is 11.9. The molecule has 0 saturated heterocycles. The number of fused-ring (bicyclic) bond motifs is 1. The number of alkyl carbamates (subject to hydrolysis) is 1. The van der Waals surface area contributed by atoms with Crippen molar-refractivity contribution < 1.29 is 14.5 Å². The van der Waals surface area contributed by atoms with Gasteiger partial charge in [0.1, 0.15) is 5.60 Å². The first-order valence-corrected chi connectivity index (χ1v) is 8.85. The van der Waals surface area contributed by atoms with Crippen LogP contribution >= 0.6 is 0 Å². The summed E-state index contributed by atoms with van der Waals surface area (Å²) in [6.07, 6.45) is 4.51. The summed E-state index contributed by atoms with van der Waals surface area (Å²) in [6.45, 7) is 5.52. The fourth-order valence-electron chi connectivity index (χ4n) is 3.44. The topological polar surface area (TPSA) is 99.3 Å². The molecule has 0 aliphatic heterocycles. The quantitative estimate of drug-likeness (QED) is 0.660. The van der Waals surface area contributed by atoms with Gasteiger partial charge in [-0.05, 0) is 52.5 Å². The van der Waals surface area contributed by atoms with Crippen LogP contribution in [0.15, 0.2) is 24.4 Å². The van der Waals surface area contributed by atoms with Crippen molar-refractivity contribution in [3.8, 4) is 0 Å². The van der Waals surface area contributed by atoms with Gasteiger partial charge in [-0.2, -0.15) is 5.10 Å². The van der Waals surface area contributed by atoms with Crippen LogP contribution in [0.2, 0.25) is 0 Å². The highest BCUT2D eigenvalue weighted by Crippen LogP contribution is 2.33. The first kappa shape index (κ1) is 18.2. The maximum atomic E-state index is 11.9. The van der Waals surface area contributed by atoms with Gasteiger partial charge < -0.3 is 10.1 Å². The van der Waals surface area contributed by atoms with Gasteiger partial charge >= 0.3 is 6.09 Å². The Hall–Kier alpha value is -2.64. The predicted molar refractivity (Wildman–Crippen MR) is 97.1 cm³/mol. The van der Waals surface area contributed by atoms with E-state index in [1.165, 1.54) is 6.07 Å². The molecule has 0 radical (unpaired) electrons. The molecular weight excluding hydrogens is 336 g/mol. The van der Waals surface area contributed by atoms with E-state index >= 15 is 0 Å². The van der Waals surface area contributed by atoms with E-state index < -0.39 is 5.60 Å². The fraction of sp³-hybridized carbons (Fsp3) is 0.556. The van der Waals surface area contributed by atoms with Gasteiger partial charge in [0, 0.05) is 12.1 Å². The number of nitro groups is 1. The minimum Gasteiger partial charge on any atom is -0.444 e. The number of ether oxygens (including phenoxy) is 1. The third-order valence-corrected chi connectivity index (χ3v) is 4.58. The Kier molecular flexibility index (Phi) is 4.84. The Labute approximate surface area is 151 Å². The summed E-state index contributed by atoms with van der Waals surface area (Å²) in [6, 6.07) is 5.30.